The van der Waals surface area contributed by atoms with Gasteiger partial charge in [-0.2, -0.15) is 5.10 Å². The first-order valence-electron chi connectivity index (χ1n) is 12.3. The van der Waals surface area contributed by atoms with Crippen molar-refractivity contribution < 1.29 is 23.8 Å². The van der Waals surface area contributed by atoms with Gasteiger partial charge in [-0.15, -0.1) is 0 Å². The number of carbonyl (C=O) groups is 2. The molecule has 0 aliphatic carbocycles. The van der Waals surface area contributed by atoms with Gasteiger partial charge in [0.25, 0.3) is 5.91 Å². The molecule has 0 N–H and O–H groups in total. The molecule has 0 aromatic heterocycles. The van der Waals surface area contributed by atoms with Gasteiger partial charge in [-0.1, -0.05) is 35.9 Å². The van der Waals surface area contributed by atoms with Crippen LogP contribution in [-0.4, -0.2) is 60.5 Å². The number of ether oxygens (including phenoxy) is 3. The molecule has 8 nitrogen and oxygen atoms in total. The van der Waals surface area contributed by atoms with E-state index in [1.165, 1.54) is 5.56 Å². The van der Waals surface area contributed by atoms with Crippen LogP contribution in [0.2, 0.25) is 0 Å². The molecule has 1 amide bonds. The summed E-state index contributed by atoms with van der Waals surface area (Å²) in [5, 5.41) is 6.41. The summed E-state index contributed by atoms with van der Waals surface area (Å²) in [6, 6.07) is 13.8. The van der Waals surface area contributed by atoms with E-state index >= 15 is 0 Å². The summed E-state index contributed by atoms with van der Waals surface area (Å²) in [4.78, 5) is 27.9. The topological polar surface area (TPSA) is 80.7 Å². The molecule has 2 atom stereocenters. The first-order valence-corrected chi connectivity index (χ1v) is 12.3. The van der Waals surface area contributed by atoms with Crippen LogP contribution in [0.1, 0.15) is 48.9 Å². The van der Waals surface area contributed by atoms with Crippen LogP contribution < -0.4 is 9.47 Å². The molecule has 2 aromatic rings. The lowest BCUT2D eigenvalue weighted by Gasteiger charge is -2.32. The van der Waals surface area contributed by atoms with Gasteiger partial charge < -0.3 is 14.2 Å². The van der Waals surface area contributed by atoms with Crippen molar-refractivity contribution in [1.82, 2.24) is 9.91 Å². The molecule has 1 fully saturated rings. The maximum atomic E-state index is 13.6. The number of amides is 1. The Morgan fingerprint density at radius 2 is 1.91 bits per heavy atom. The molecule has 1 saturated heterocycles. The van der Waals surface area contributed by atoms with Crippen LogP contribution in [0, 0.1) is 12.8 Å². The molecule has 0 radical (unpaired) electrons. The molecule has 0 saturated carbocycles. The second-order valence-electron chi connectivity index (χ2n) is 9.31. The maximum absolute atomic E-state index is 13.6. The molecule has 2 aromatic carbocycles. The molecule has 0 spiro atoms. The number of hydrogen-bond acceptors (Lipinski definition) is 7. The number of nitrogens with zero attached hydrogens (tertiary/aromatic N) is 3. The van der Waals surface area contributed by atoms with Gasteiger partial charge in [0.1, 0.15) is 0 Å². The number of esters is 1. The van der Waals surface area contributed by atoms with E-state index in [1.807, 2.05) is 49.1 Å². The Morgan fingerprint density at radius 3 is 2.71 bits per heavy atom. The molecule has 0 bridgehead atoms. The lowest BCUT2D eigenvalue weighted by molar-refractivity contribution is -0.150. The van der Waals surface area contributed by atoms with Gasteiger partial charge in [0.05, 0.1) is 30.8 Å². The lowest BCUT2D eigenvalue weighted by Crippen LogP contribution is -2.44. The monoisotopic (exact) mass is 477 g/mol. The number of carbonyl (C=O) groups excluding carboxylic acids is 2. The summed E-state index contributed by atoms with van der Waals surface area (Å²) in [7, 11) is 0. The zero-order valence-corrected chi connectivity index (χ0v) is 20.2. The lowest BCUT2D eigenvalue weighted by atomic mass is 9.97. The highest BCUT2D eigenvalue weighted by molar-refractivity contribution is 6.03. The molecule has 184 valence electrons. The third kappa shape index (κ3) is 5.03. The van der Waals surface area contributed by atoms with E-state index in [1.54, 1.807) is 5.01 Å². The Hall–Kier alpha value is -3.39. The second kappa shape index (κ2) is 10.1. The number of hydrogen-bond donors (Lipinski definition) is 0. The standard InChI is InChI=1S/C27H31N3O5/c1-3-33-27(32)21-5-4-12-29(15-21)16-26(31)30-23(20-10-11-24-25(13-20)35-17-34-24)14-22(28-30)19-8-6-18(2)7-9-19/h6-11,13,21,23H,3-5,12,14-17H2,1-2H3/t21-,23+/m0/s1. The van der Waals surface area contributed by atoms with E-state index in [2.05, 4.69) is 12.1 Å². The highest BCUT2D eigenvalue weighted by Gasteiger charge is 2.36. The van der Waals surface area contributed by atoms with Crippen molar-refractivity contribution in [3.63, 3.8) is 0 Å². The summed E-state index contributed by atoms with van der Waals surface area (Å²) in [6.07, 6.45) is 2.27. The highest BCUT2D eigenvalue weighted by Crippen LogP contribution is 2.39. The van der Waals surface area contributed by atoms with Crippen molar-refractivity contribution in [1.29, 1.82) is 0 Å². The van der Waals surface area contributed by atoms with E-state index in [9.17, 15) is 9.59 Å². The average molecular weight is 478 g/mol. The minimum atomic E-state index is -0.237. The number of fused-ring (bicyclic) bond motifs is 1. The third-order valence-electron chi connectivity index (χ3n) is 6.82. The SMILES string of the molecule is CCOC(=O)[C@H]1CCCN(CC(=O)N2N=C(c3ccc(C)cc3)C[C@@H]2c2ccc3c(c2)OCO3)C1. The van der Waals surface area contributed by atoms with Crippen molar-refractivity contribution in [2.75, 3.05) is 33.0 Å². The second-order valence-corrected chi connectivity index (χ2v) is 9.31. The molecule has 35 heavy (non-hydrogen) atoms. The van der Waals surface area contributed by atoms with Crippen molar-refractivity contribution in [2.45, 2.75) is 39.2 Å². The molecule has 3 aliphatic heterocycles. The summed E-state index contributed by atoms with van der Waals surface area (Å²) < 4.78 is 16.3. The maximum Gasteiger partial charge on any atom is 0.310 e. The molecule has 8 heteroatoms. The normalized spacial score (nSPS) is 21.7. The fourth-order valence-electron chi connectivity index (χ4n) is 4.96. The smallest absolute Gasteiger partial charge is 0.310 e. The predicted molar refractivity (Wildman–Crippen MR) is 130 cm³/mol. The number of benzene rings is 2. The quantitative estimate of drug-likeness (QED) is 0.591. The van der Waals surface area contributed by atoms with Crippen LogP contribution >= 0.6 is 0 Å². The minimum absolute atomic E-state index is 0.0840. The van der Waals surface area contributed by atoms with Gasteiger partial charge >= 0.3 is 5.97 Å². The van der Waals surface area contributed by atoms with Crippen LogP contribution in [0.5, 0.6) is 11.5 Å². The molecule has 3 heterocycles. The Kier molecular flexibility index (Phi) is 6.72. The van der Waals surface area contributed by atoms with Crippen LogP contribution in [0.3, 0.4) is 0 Å². The first-order chi connectivity index (χ1) is 17.0. The number of hydrazone groups is 1. The predicted octanol–water partition coefficient (Wildman–Crippen LogP) is 3.68. The Bertz CT molecular complexity index is 1130. The van der Waals surface area contributed by atoms with Crippen molar-refractivity contribution in [3.05, 3.63) is 59.2 Å². The van der Waals surface area contributed by atoms with Crippen LogP contribution in [0.25, 0.3) is 0 Å². The zero-order valence-electron chi connectivity index (χ0n) is 20.2. The highest BCUT2D eigenvalue weighted by atomic mass is 16.7. The van der Waals surface area contributed by atoms with Crippen LogP contribution in [-0.2, 0) is 14.3 Å². The van der Waals surface area contributed by atoms with E-state index in [0.717, 1.165) is 36.2 Å². The number of piperidine rings is 1. The fourth-order valence-corrected chi connectivity index (χ4v) is 4.96. The minimum Gasteiger partial charge on any atom is -0.466 e. The van der Waals surface area contributed by atoms with Crippen LogP contribution in [0.15, 0.2) is 47.6 Å². The first kappa shape index (κ1) is 23.4. The molecular weight excluding hydrogens is 446 g/mol. The van der Waals surface area contributed by atoms with Crippen LogP contribution in [0.4, 0.5) is 0 Å². The summed E-state index contributed by atoms with van der Waals surface area (Å²) in [5.74, 6) is 0.948. The van der Waals surface area contributed by atoms with E-state index in [4.69, 9.17) is 19.3 Å². The fraction of sp³-hybridized carbons (Fsp3) is 0.444. The van der Waals surface area contributed by atoms with Crippen molar-refractivity contribution in [2.24, 2.45) is 11.0 Å². The van der Waals surface area contributed by atoms with Gasteiger partial charge in [0.15, 0.2) is 11.5 Å². The van der Waals surface area contributed by atoms with Gasteiger partial charge in [-0.3, -0.25) is 14.5 Å². The van der Waals surface area contributed by atoms with E-state index in [-0.39, 0.29) is 37.2 Å². The van der Waals surface area contributed by atoms with Gasteiger partial charge in [-0.05, 0) is 56.5 Å². The van der Waals surface area contributed by atoms with Gasteiger partial charge in [0, 0.05) is 13.0 Å². The largest absolute Gasteiger partial charge is 0.466 e. The van der Waals surface area contributed by atoms with Crippen molar-refractivity contribution >= 4 is 17.6 Å². The molecule has 0 unspecified atom stereocenters. The number of likely N-dealkylation sites (tertiary alicyclic amines) is 1. The average Bonchev–Trinajstić information content (AvgIpc) is 3.52. The Balaban J connectivity index is 1.37. The third-order valence-corrected chi connectivity index (χ3v) is 6.82. The summed E-state index contributed by atoms with van der Waals surface area (Å²) in [6.45, 7) is 5.95. The Morgan fingerprint density at radius 1 is 1.11 bits per heavy atom. The zero-order chi connectivity index (χ0) is 24.4. The summed E-state index contributed by atoms with van der Waals surface area (Å²) in [5.41, 5.74) is 4.02. The molecule has 5 rings (SSSR count). The Labute approximate surface area is 205 Å². The number of rotatable bonds is 6. The molecule has 3 aliphatic rings. The molecular formula is C27H31N3O5. The van der Waals surface area contributed by atoms with Gasteiger partial charge in [-0.25, -0.2) is 5.01 Å². The summed E-state index contributed by atoms with van der Waals surface area (Å²) >= 11 is 0. The number of aryl methyl sites for hydroxylation is 1. The van der Waals surface area contributed by atoms with Gasteiger partial charge in [0.2, 0.25) is 6.79 Å². The van der Waals surface area contributed by atoms with E-state index < -0.39 is 0 Å². The van der Waals surface area contributed by atoms with E-state index in [0.29, 0.717) is 31.1 Å². The van der Waals surface area contributed by atoms with Crippen molar-refractivity contribution in [3.8, 4) is 11.5 Å².